The van der Waals surface area contributed by atoms with Crippen molar-refractivity contribution in [3.8, 4) is 40.1 Å². The minimum Gasteiger partial charge on any atom is -0.497 e. The van der Waals surface area contributed by atoms with Crippen LogP contribution in [0, 0.1) is 6.92 Å². The number of ether oxygens (including phenoxy) is 4. The standard InChI is InChI=1S/C34H32O9S/c1-21(2)41-33-29-27(19-28(32(33)39-5)40-20-23-9-7-6-8-10-23)42-31(24-13-15-25(38-4)16-14-24)34(30(29)35)43-44(36,37)26-17-11-22(3)12-18-26/h6-19,21H,20H2,1-5H3. The maximum Gasteiger partial charge on any atom is 0.339 e. The lowest BCUT2D eigenvalue weighted by atomic mass is 10.1. The Kier molecular flexibility index (Phi) is 8.82. The molecule has 0 aliphatic carbocycles. The van der Waals surface area contributed by atoms with Crippen molar-refractivity contribution in [1.29, 1.82) is 0 Å². The molecule has 1 heterocycles. The normalized spacial score (nSPS) is 11.4. The van der Waals surface area contributed by atoms with Crippen molar-refractivity contribution in [2.45, 2.75) is 38.4 Å². The lowest BCUT2D eigenvalue weighted by molar-refractivity contribution is 0.224. The van der Waals surface area contributed by atoms with Crippen LogP contribution in [0.1, 0.15) is 25.0 Å². The highest BCUT2D eigenvalue weighted by atomic mass is 32.2. The summed E-state index contributed by atoms with van der Waals surface area (Å²) >= 11 is 0. The molecule has 0 saturated carbocycles. The second kappa shape index (κ2) is 12.7. The third-order valence-corrected chi connectivity index (χ3v) is 7.90. The highest BCUT2D eigenvalue weighted by Crippen LogP contribution is 2.46. The Morgan fingerprint density at radius 3 is 2.11 bits per heavy atom. The zero-order chi connectivity index (χ0) is 31.4. The molecular formula is C34H32O9S. The van der Waals surface area contributed by atoms with Gasteiger partial charge in [-0.2, -0.15) is 8.42 Å². The first-order valence-corrected chi connectivity index (χ1v) is 15.2. The van der Waals surface area contributed by atoms with E-state index in [9.17, 15) is 13.2 Å². The molecule has 0 unspecified atom stereocenters. The molecule has 0 N–H and O–H groups in total. The van der Waals surface area contributed by atoms with E-state index in [-0.39, 0.29) is 45.5 Å². The Bertz CT molecular complexity index is 1930. The second-order valence-corrected chi connectivity index (χ2v) is 11.8. The summed E-state index contributed by atoms with van der Waals surface area (Å²) in [7, 11) is -1.50. The van der Waals surface area contributed by atoms with Crippen LogP contribution in [-0.2, 0) is 16.7 Å². The molecule has 0 aliphatic heterocycles. The maximum atomic E-state index is 14.3. The highest BCUT2D eigenvalue weighted by Gasteiger charge is 2.30. The van der Waals surface area contributed by atoms with E-state index in [1.54, 1.807) is 50.2 Å². The molecule has 228 valence electrons. The summed E-state index contributed by atoms with van der Waals surface area (Å²) in [6, 6.07) is 23.7. The summed E-state index contributed by atoms with van der Waals surface area (Å²) < 4.78 is 62.0. The molecule has 44 heavy (non-hydrogen) atoms. The van der Waals surface area contributed by atoms with Gasteiger partial charge in [-0.25, -0.2) is 0 Å². The van der Waals surface area contributed by atoms with Gasteiger partial charge in [0, 0.05) is 11.6 Å². The third kappa shape index (κ3) is 6.35. The fourth-order valence-electron chi connectivity index (χ4n) is 4.52. The monoisotopic (exact) mass is 616 g/mol. The number of methoxy groups -OCH3 is 2. The largest absolute Gasteiger partial charge is 0.497 e. The molecule has 5 aromatic rings. The van der Waals surface area contributed by atoms with Crippen LogP contribution in [0.15, 0.2) is 99.0 Å². The van der Waals surface area contributed by atoms with E-state index in [1.807, 2.05) is 37.3 Å². The number of aryl methyl sites for hydroxylation is 1. The van der Waals surface area contributed by atoms with Crippen molar-refractivity contribution in [3.63, 3.8) is 0 Å². The quantitative estimate of drug-likeness (QED) is 0.146. The first-order chi connectivity index (χ1) is 21.1. The Morgan fingerprint density at radius 2 is 1.50 bits per heavy atom. The topological polar surface area (TPSA) is 110 Å². The van der Waals surface area contributed by atoms with E-state index >= 15 is 0 Å². The minimum absolute atomic E-state index is 0.0377. The molecule has 0 radical (unpaired) electrons. The fourth-order valence-corrected chi connectivity index (χ4v) is 5.45. The number of rotatable bonds is 11. The van der Waals surface area contributed by atoms with Gasteiger partial charge in [-0.3, -0.25) is 4.79 Å². The van der Waals surface area contributed by atoms with E-state index in [2.05, 4.69) is 0 Å². The second-order valence-electron chi connectivity index (χ2n) is 10.2. The van der Waals surface area contributed by atoms with Crippen LogP contribution in [0.25, 0.3) is 22.3 Å². The molecule has 4 aromatic carbocycles. The minimum atomic E-state index is -4.45. The van der Waals surface area contributed by atoms with Crippen molar-refractivity contribution in [2.75, 3.05) is 14.2 Å². The number of hydrogen-bond donors (Lipinski definition) is 0. The molecule has 10 heteroatoms. The van der Waals surface area contributed by atoms with Crippen LogP contribution < -0.4 is 28.6 Å². The molecule has 0 saturated heterocycles. The molecular weight excluding hydrogens is 584 g/mol. The van der Waals surface area contributed by atoms with Crippen LogP contribution in [-0.4, -0.2) is 28.7 Å². The van der Waals surface area contributed by atoms with Gasteiger partial charge in [0.1, 0.15) is 28.2 Å². The van der Waals surface area contributed by atoms with Crippen LogP contribution in [0.5, 0.6) is 28.7 Å². The Morgan fingerprint density at radius 1 is 0.818 bits per heavy atom. The van der Waals surface area contributed by atoms with Gasteiger partial charge in [0.05, 0.1) is 20.3 Å². The van der Waals surface area contributed by atoms with Gasteiger partial charge in [0.15, 0.2) is 17.3 Å². The Balaban J connectivity index is 1.76. The van der Waals surface area contributed by atoms with Crippen LogP contribution in [0.2, 0.25) is 0 Å². The summed E-state index contributed by atoms with van der Waals surface area (Å²) in [5.41, 5.74) is 1.47. The average molecular weight is 617 g/mol. The SMILES string of the molecule is COc1ccc(-c2oc3cc(OCc4ccccc4)c(OC)c(OC(C)C)c3c(=O)c2OS(=O)(=O)c2ccc(C)cc2)cc1. The van der Waals surface area contributed by atoms with Gasteiger partial charge in [-0.15, -0.1) is 0 Å². The Labute approximate surface area is 255 Å². The summed E-state index contributed by atoms with van der Waals surface area (Å²) in [4.78, 5) is 14.2. The first-order valence-electron chi connectivity index (χ1n) is 13.8. The van der Waals surface area contributed by atoms with E-state index < -0.39 is 27.4 Å². The van der Waals surface area contributed by atoms with Gasteiger partial charge in [0.25, 0.3) is 0 Å². The van der Waals surface area contributed by atoms with Gasteiger partial charge in [0.2, 0.25) is 16.9 Å². The number of hydrogen-bond acceptors (Lipinski definition) is 9. The van der Waals surface area contributed by atoms with Crippen LogP contribution in [0.4, 0.5) is 0 Å². The summed E-state index contributed by atoms with van der Waals surface area (Å²) in [5.74, 6) is 0.381. The van der Waals surface area contributed by atoms with E-state index in [1.165, 1.54) is 32.4 Å². The fraction of sp³-hybridized carbons (Fsp3) is 0.206. The van der Waals surface area contributed by atoms with E-state index in [4.69, 9.17) is 27.5 Å². The predicted octanol–water partition coefficient (Wildman–Crippen LogP) is 6.92. The molecule has 0 aliphatic rings. The van der Waals surface area contributed by atoms with Gasteiger partial charge in [-0.1, -0.05) is 48.0 Å². The number of benzene rings is 4. The van der Waals surface area contributed by atoms with Crippen molar-refractivity contribution >= 4 is 21.1 Å². The zero-order valence-electron chi connectivity index (χ0n) is 24.9. The first kappa shape index (κ1) is 30.5. The molecule has 9 nitrogen and oxygen atoms in total. The lowest BCUT2D eigenvalue weighted by Crippen LogP contribution is -2.18. The number of fused-ring (bicyclic) bond motifs is 1. The maximum absolute atomic E-state index is 14.3. The van der Waals surface area contributed by atoms with Gasteiger partial charge in [-0.05, 0) is 62.7 Å². The lowest BCUT2D eigenvalue weighted by Gasteiger charge is -2.20. The smallest absolute Gasteiger partial charge is 0.339 e. The summed E-state index contributed by atoms with van der Waals surface area (Å²) in [6.45, 7) is 5.61. The molecule has 0 fully saturated rings. The molecule has 0 amide bonds. The summed E-state index contributed by atoms with van der Waals surface area (Å²) in [6.07, 6.45) is -0.391. The highest BCUT2D eigenvalue weighted by molar-refractivity contribution is 7.87. The third-order valence-electron chi connectivity index (χ3n) is 6.67. The molecule has 1 aromatic heterocycles. The van der Waals surface area contributed by atoms with Crippen LogP contribution >= 0.6 is 0 Å². The molecule has 0 atom stereocenters. The molecule has 5 rings (SSSR count). The molecule has 0 bridgehead atoms. The summed E-state index contributed by atoms with van der Waals surface area (Å²) in [5, 5.41) is -0.0611. The van der Waals surface area contributed by atoms with Crippen LogP contribution in [0.3, 0.4) is 0 Å². The molecule has 0 spiro atoms. The van der Waals surface area contributed by atoms with Crippen molar-refractivity contribution < 1.29 is 36.0 Å². The van der Waals surface area contributed by atoms with Crippen molar-refractivity contribution in [3.05, 3.63) is 106 Å². The van der Waals surface area contributed by atoms with Crippen molar-refractivity contribution in [1.82, 2.24) is 0 Å². The van der Waals surface area contributed by atoms with E-state index in [0.29, 0.717) is 11.3 Å². The van der Waals surface area contributed by atoms with E-state index in [0.717, 1.165) is 11.1 Å². The van der Waals surface area contributed by atoms with Crippen molar-refractivity contribution in [2.24, 2.45) is 0 Å². The predicted molar refractivity (Wildman–Crippen MR) is 167 cm³/mol. The zero-order valence-corrected chi connectivity index (χ0v) is 25.8. The average Bonchev–Trinajstić information content (AvgIpc) is 3.01. The Hall–Kier alpha value is -4.96. The van der Waals surface area contributed by atoms with Gasteiger partial charge >= 0.3 is 10.1 Å². The van der Waals surface area contributed by atoms with Gasteiger partial charge < -0.3 is 27.5 Å².